The normalized spacial score (nSPS) is 27.7. The molecule has 1 unspecified atom stereocenters. The minimum absolute atomic E-state index is 0.0287. The van der Waals surface area contributed by atoms with E-state index in [1.807, 2.05) is 0 Å². The van der Waals surface area contributed by atoms with E-state index in [9.17, 15) is 14.7 Å². The highest BCUT2D eigenvalue weighted by Crippen LogP contribution is 2.44. The molecule has 2 rings (SSSR count). The molecule has 18 heavy (non-hydrogen) atoms. The van der Waals surface area contributed by atoms with E-state index in [4.69, 9.17) is 0 Å². The topological polar surface area (TPSA) is 60.9 Å². The van der Waals surface area contributed by atoms with Gasteiger partial charge in [0.1, 0.15) is 6.04 Å². The molecule has 2 heterocycles. The van der Waals surface area contributed by atoms with E-state index in [1.54, 1.807) is 11.9 Å². The zero-order chi connectivity index (χ0) is 13.3. The van der Waals surface area contributed by atoms with Crippen LogP contribution in [-0.2, 0) is 9.59 Å². The monoisotopic (exact) mass is 272 g/mol. The van der Waals surface area contributed by atoms with Crippen LogP contribution < -0.4 is 0 Å². The molecule has 1 atom stereocenters. The van der Waals surface area contributed by atoms with Crippen molar-refractivity contribution in [3.8, 4) is 0 Å². The Morgan fingerprint density at radius 2 is 1.94 bits per heavy atom. The molecule has 0 aromatic heterocycles. The Labute approximate surface area is 112 Å². The minimum atomic E-state index is -0.866. The van der Waals surface area contributed by atoms with Gasteiger partial charge in [0.2, 0.25) is 5.91 Å². The molecule has 2 fully saturated rings. The second-order valence-corrected chi connectivity index (χ2v) is 6.20. The Morgan fingerprint density at radius 3 is 2.33 bits per heavy atom. The van der Waals surface area contributed by atoms with Crippen LogP contribution >= 0.6 is 11.9 Å². The summed E-state index contributed by atoms with van der Waals surface area (Å²) in [6.45, 7) is 4.05. The number of rotatable bonds is 2. The van der Waals surface area contributed by atoms with Crippen molar-refractivity contribution >= 4 is 23.8 Å². The van der Waals surface area contributed by atoms with E-state index in [0.29, 0.717) is 13.0 Å². The molecular weight excluding hydrogens is 252 g/mol. The summed E-state index contributed by atoms with van der Waals surface area (Å²) < 4.78 is 2.30. The molecular formula is C12H20N2O3S. The number of carbonyl (C=O) groups is 2. The van der Waals surface area contributed by atoms with Gasteiger partial charge in [0.25, 0.3) is 0 Å². The molecule has 1 amide bonds. The predicted molar refractivity (Wildman–Crippen MR) is 70.2 cm³/mol. The molecule has 102 valence electrons. The van der Waals surface area contributed by atoms with Gasteiger partial charge in [0, 0.05) is 26.6 Å². The molecule has 2 aliphatic rings. The molecule has 0 bridgehead atoms. The molecule has 0 aromatic carbocycles. The van der Waals surface area contributed by atoms with E-state index in [-0.39, 0.29) is 11.3 Å². The third-order valence-corrected chi connectivity index (χ3v) is 5.12. The third-order valence-electron chi connectivity index (χ3n) is 4.24. The van der Waals surface area contributed by atoms with Crippen LogP contribution in [0, 0.1) is 5.41 Å². The average molecular weight is 272 g/mol. The summed E-state index contributed by atoms with van der Waals surface area (Å²) in [4.78, 5) is 24.3. The summed E-state index contributed by atoms with van der Waals surface area (Å²) in [5, 5.41) is 9.24. The fraction of sp³-hybridized carbons (Fsp3) is 0.833. The number of hydrogen-bond donors (Lipinski definition) is 1. The number of amides is 1. The van der Waals surface area contributed by atoms with Crippen LogP contribution in [0.25, 0.3) is 0 Å². The number of carbonyl (C=O) groups excluding carboxylic acids is 1. The maximum Gasteiger partial charge on any atom is 0.326 e. The fourth-order valence-electron chi connectivity index (χ4n) is 3.11. The van der Waals surface area contributed by atoms with Crippen molar-refractivity contribution in [2.24, 2.45) is 5.41 Å². The Morgan fingerprint density at radius 1 is 1.33 bits per heavy atom. The van der Waals surface area contributed by atoms with Gasteiger partial charge in [-0.15, -0.1) is 0 Å². The number of likely N-dealkylation sites (tertiary alicyclic amines) is 1. The van der Waals surface area contributed by atoms with E-state index in [0.717, 1.165) is 25.9 Å². The molecule has 2 saturated heterocycles. The van der Waals surface area contributed by atoms with Gasteiger partial charge < -0.3 is 10.0 Å². The zero-order valence-electron chi connectivity index (χ0n) is 10.9. The SMILES string of the molecule is CSN1CCC2(CC1)CC(C(=O)O)N(C(C)=O)C2. The molecule has 0 saturated carbocycles. The summed E-state index contributed by atoms with van der Waals surface area (Å²) in [6, 6.07) is -0.622. The second kappa shape index (κ2) is 5.09. The summed E-state index contributed by atoms with van der Waals surface area (Å²) in [6.07, 6.45) is 4.65. The first-order valence-corrected chi connectivity index (χ1v) is 7.45. The molecule has 1 spiro atoms. The molecule has 2 aliphatic heterocycles. The lowest BCUT2D eigenvalue weighted by Crippen LogP contribution is -2.40. The number of carboxylic acid groups (broad SMARTS) is 1. The molecule has 6 heteroatoms. The number of nitrogens with zero attached hydrogens (tertiary/aromatic N) is 2. The van der Waals surface area contributed by atoms with Crippen LogP contribution in [0.1, 0.15) is 26.2 Å². The average Bonchev–Trinajstić information content (AvgIpc) is 2.70. The van der Waals surface area contributed by atoms with Crippen LogP contribution in [0.4, 0.5) is 0 Å². The van der Waals surface area contributed by atoms with Crippen LogP contribution in [0.15, 0.2) is 0 Å². The fourth-order valence-corrected chi connectivity index (χ4v) is 3.66. The van der Waals surface area contributed by atoms with Crippen LogP contribution in [-0.4, -0.2) is 58.1 Å². The standard InChI is InChI=1S/C12H20N2O3S/c1-9(15)14-8-12(7-10(14)11(16)17)3-5-13(18-2)6-4-12/h10H,3-8H2,1-2H3,(H,16,17). The van der Waals surface area contributed by atoms with Crippen LogP contribution in [0.5, 0.6) is 0 Å². The number of carboxylic acids is 1. The van der Waals surface area contributed by atoms with Crippen LogP contribution in [0.2, 0.25) is 0 Å². The van der Waals surface area contributed by atoms with Crippen molar-refractivity contribution in [2.75, 3.05) is 25.9 Å². The third kappa shape index (κ3) is 2.49. The first-order chi connectivity index (χ1) is 8.47. The Bertz CT molecular complexity index is 329. The number of aliphatic carboxylic acids is 1. The molecule has 1 N–H and O–H groups in total. The summed E-state index contributed by atoms with van der Waals surface area (Å²) >= 11 is 1.74. The van der Waals surface area contributed by atoms with Gasteiger partial charge in [-0.3, -0.25) is 9.10 Å². The Kier molecular flexibility index (Phi) is 3.87. The maximum atomic E-state index is 11.6. The maximum absolute atomic E-state index is 11.6. The molecule has 5 nitrogen and oxygen atoms in total. The largest absolute Gasteiger partial charge is 0.480 e. The van der Waals surface area contributed by atoms with Crippen molar-refractivity contribution in [1.29, 1.82) is 0 Å². The highest BCUT2D eigenvalue weighted by atomic mass is 32.2. The smallest absolute Gasteiger partial charge is 0.326 e. The van der Waals surface area contributed by atoms with E-state index in [2.05, 4.69) is 10.6 Å². The van der Waals surface area contributed by atoms with Crippen molar-refractivity contribution in [2.45, 2.75) is 32.2 Å². The number of hydrogen-bond acceptors (Lipinski definition) is 4. The number of piperidine rings is 1. The van der Waals surface area contributed by atoms with Crippen molar-refractivity contribution in [3.05, 3.63) is 0 Å². The van der Waals surface area contributed by atoms with Gasteiger partial charge >= 0.3 is 5.97 Å². The van der Waals surface area contributed by atoms with E-state index in [1.165, 1.54) is 11.8 Å². The summed E-state index contributed by atoms with van der Waals surface area (Å²) in [7, 11) is 0. The van der Waals surface area contributed by atoms with E-state index >= 15 is 0 Å². The minimum Gasteiger partial charge on any atom is -0.480 e. The van der Waals surface area contributed by atoms with Gasteiger partial charge in [0.05, 0.1) is 0 Å². The summed E-state index contributed by atoms with van der Waals surface area (Å²) in [5.74, 6) is -0.985. The predicted octanol–water partition coefficient (Wildman–Crippen LogP) is 1.05. The first-order valence-electron chi connectivity index (χ1n) is 6.26. The lowest BCUT2D eigenvalue weighted by molar-refractivity contribution is -0.147. The van der Waals surface area contributed by atoms with Crippen LogP contribution in [0.3, 0.4) is 0 Å². The van der Waals surface area contributed by atoms with Crippen molar-refractivity contribution in [3.63, 3.8) is 0 Å². The molecule has 0 radical (unpaired) electrons. The van der Waals surface area contributed by atoms with Gasteiger partial charge in [-0.25, -0.2) is 4.79 Å². The highest BCUT2D eigenvalue weighted by molar-refractivity contribution is 7.96. The molecule has 0 aliphatic carbocycles. The van der Waals surface area contributed by atoms with E-state index < -0.39 is 12.0 Å². The highest BCUT2D eigenvalue weighted by Gasteiger charge is 2.48. The summed E-state index contributed by atoms with van der Waals surface area (Å²) in [5.41, 5.74) is 0.0287. The van der Waals surface area contributed by atoms with Gasteiger partial charge in [-0.05, 0) is 30.9 Å². The Hall–Kier alpha value is -0.750. The van der Waals surface area contributed by atoms with Crippen molar-refractivity contribution < 1.29 is 14.7 Å². The Balaban J connectivity index is 2.09. The lowest BCUT2D eigenvalue weighted by Gasteiger charge is -2.37. The van der Waals surface area contributed by atoms with Crippen molar-refractivity contribution in [1.82, 2.24) is 9.21 Å². The first kappa shape index (κ1) is 13.7. The van der Waals surface area contributed by atoms with Gasteiger partial charge in [-0.2, -0.15) is 0 Å². The quantitative estimate of drug-likeness (QED) is 0.761. The van der Waals surface area contributed by atoms with Gasteiger partial charge in [-0.1, -0.05) is 11.9 Å². The lowest BCUT2D eigenvalue weighted by atomic mass is 9.77. The molecule has 0 aromatic rings. The van der Waals surface area contributed by atoms with Gasteiger partial charge in [0.15, 0.2) is 0 Å². The second-order valence-electron chi connectivity index (χ2n) is 5.32. The zero-order valence-corrected chi connectivity index (χ0v) is 11.7.